The minimum atomic E-state index is 0.370. The Labute approximate surface area is 83.4 Å². The Morgan fingerprint density at radius 2 is 2.08 bits per heavy atom. The van der Waals surface area contributed by atoms with Crippen LogP contribution in [-0.2, 0) is 0 Å². The van der Waals surface area contributed by atoms with Crippen molar-refractivity contribution >= 4 is 15.9 Å². The van der Waals surface area contributed by atoms with Crippen molar-refractivity contribution in [2.75, 3.05) is 13.6 Å². The highest BCUT2D eigenvalue weighted by Gasteiger charge is 2.18. The van der Waals surface area contributed by atoms with Gasteiger partial charge in [-0.3, -0.25) is 0 Å². The van der Waals surface area contributed by atoms with Crippen molar-refractivity contribution < 1.29 is 0 Å². The molecular formula is C9H17BrN2. The summed E-state index contributed by atoms with van der Waals surface area (Å²) in [6.07, 6.45) is 8.16. The molecule has 0 aromatic rings. The normalized spacial score (nSPS) is 22.4. The number of halogens is 1. The maximum atomic E-state index is 3.61. The lowest BCUT2D eigenvalue weighted by atomic mass is 10.2. The lowest BCUT2D eigenvalue weighted by Gasteiger charge is -2.25. The molecule has 12 heavy (non-hydrogen) atoms. The van der Waals surface area contributed by atoms with Crippen molar-refractivity contribution in [3.05, 3.63) is 12.4 Å². The minimum Gasteiger partial charge on any atom is -0.350 e. The van der Waals surface area contributed by atoms with Crippen LogP contribution < -0.4 is 0 Å². The molecular weight excluding hydrogens is 216 g/mol. The van der Waals surface area contributed by atoms with Gasteiger partial charge >= 0.3 is 0 Å². The molecule has 1 atom stereocenters. The molecule has 3 heteroatoms. The third kappa shape index (κ3) is 2.41. The van der Waals surface area contributed by atoms with Gasteiger partial charge in [-0.15, -0.1) is 0 Å². The van der Waals surface area contributed by atoms with Crippen LogP contribution in [0.1, 0.15) is 26.2 Å². The van der Waals surface area contributed by atoms with Crippen molar-refractivity contribution in [2.45, 2.75) is 31.3 Å². The third-order valence-electron chi connectivity index (χ3n) is 2.12. The van der Waals surface area contributed by atoms with E-state index >= 15 is 0 Å². The molecule has 0 radical (unpaired) electrons. The molecule has 1 aliphatic heterocycles. The van der Waals surface area contributed by atoms with Gasteiger partial charge in [-0.05, 0) is 22.4 Å². The fourth-order valence-electron chi connectivity index (χ4n) is 1.29. The Bertz CT molecular complexity index is 159. The molecule has 0 aliphatic carbocycles. The van der Waals surface area contributed by atoms with Crippen molar-refractivity contribution in [3.8, 4) is 0 Å². The number of rotatable bonds is 4. The predicted octanol–water partition coefficient (Wildman–Crippen LogP) is 2.57. The van der Waals surface area contributed by atoms with E-state index < -0.39 is 0 Å². The molecule has 0 saturated heterocycles. The maximum absolute atomic E-state index is 3.61. The standard InChI is InChI=1S/C9H17BrN2/c1-3-4-5-6-12-8-7-11(2)9(12)10/h7-9H,3-6H2,1-2H3. The summed E-state index contributed by atoms with van der Waals surface area (Å²) in [6.45, 7) is 3.39. The second-order valence-electron chi connectivity index (χ2n) is 3.22. The average molecular weight is 233 g/mol. The van der Waals surface area contributed by atoms with E-state index in [4.69, 9.17) is 0 Å². The first-order valence-electron chi connectivity index (χ1n) is 4.55. The lowest BCUT2D eigenvalue weighted by molar-refractivity contribution is 0.264. The molecule has 0 bridgehead atoms. The molecule has 1 heterocycles. The Hall–Kier alpha value is -0.180. The zero-order valence-corrected chi connectivity index (χ0v) is 9.42. The number of alkyl halides is 1. The quantitative estimate of drug-likeness (QED) is 0.418. The summed E-state index contributed by atoms with van der Waals surface area (Å²) in [4.78, 5) is 4.47. The van der Waals surface area contributed by atoms with Gasteiger partial charge < -0.3 is 9.80 Å². The topological polar surface area (TPSA) is 6.48 Å². The second kappa shape index (κ2) is 4.75. The van der Waals surface area contributed by atoms with Crippen LogP contribution in [0.4, 0.5) is 0 Å². The summed E-state index contributed by atoms with van der Waals surface area (Å²) in [5.41, 5.74) is 0. The zero-order chi connectivity index (χ0) is 8.97. The highest BCUT2D eigenvalue weighted by atomic mass is 79.9. The number of nitrogens with zero attached hydrogens (tertiary/aromatic N) is 2. The molecule has 2 nitrogen and oxygen atoms in total. The molecule has 1 rings (SSSR count). The molecule has 0 N–H and O–H groups in total. The van der Waals surface area contributed by atoms with Crippen molar-refractivity contribution in [1.82, 2.24) is 9.80 Å². The van der Waals surface area contributed by atoms with E-state index in [2.05, 4.69) is 52.1 Å². The fraction of sp³-hybridized carbons (Fsp3) is 0.778. The lowest BCUT2D eigenvalue weighted by Crippen LogP contribution is -2.31. The predicted molar refractivity (Wildman–Crippen MR) is 55.8 cm³/mol. The van der Waals surface area contributed by atoms with Gasteiger partial charge in [0.25, 0.3) is 0 Å². The van der Waals surface area contributed by atoms with Crippen LogP contribution in [0, 0.1) is 0 Å². The van der Waals surface area contributed by atoms with Crippen LogP contribution in [0.5, 0.6) is 0 Å². The molecule has 0 saturated carbocycles. The monoisotopic (exact) mass is 232 g/mol. The molecule has 0 amide bonds. The molecule has 0 spiro atoms. The van der Waals surface area contributed by atoms with E-state index in [0.29, 0.717) is 5.08 Å². The first-order chi connectivity index (χ1) is 5.75. The van der Waals surface area contributed by atoms with Crippen LogP contribution in [-0.4, -0.2) is 28.5 Å². The highest BCUT2D eigenvalue weighted by molar-refractivity contribution is 9.09. The van der Waals surface area contributed by atoms with Crippen molar-refractivity contribution in [3.63, 3.8) is 0 Å². The van der Waals surface area contributed by atoms with Gasteiger partial charge in [-0.2, -0.15) is 0 Å². The van der Waals surface area contributed by atoms with Crippen LogP contribution in [0.2, 0.25) is 0 Å². The summed E-state index contributed by atoms with van der Waals surface area (Å²) >= 11 is 3.61. The van der Waals surface area contributed by atoms with E-state index in [-0.39, 0.29) is 0 Å². The van der Waals surface area contributed by atoms with E-state index in [1.54, 1.807) is 0 Å². The SMILES string of the molecule is CCCCCN1C=CN(C)C1Br. The van der Waals surface area contributed by atoms with E-state index in [1.165, 1.54) is 19.3 Å². The van der Waals surface area contributed by atoms with Gasteiger partial charge in [-0.1, -0.05) is 19.8 Å². The second-order valence-corrected chi connectivity index (χ2v) is 4.04. The third-order valence-corrected chi connectivity index (χ3v) is 3.29. The van der Waals surface area contributed by atoms with E-state index in [1.807, 2.05) is 0 Å². The molecule has 70 valence electrons. The summed E-state index contributed by atoms with van der Waals surface area (Å²) in [7, 11) is 2.08. The van der Waals surface area contributed by atoms with E-state index in [9.17, 15) is 0 Å². The van der Waals surface area contributed by atoms with Gasteiger partial charge in [0.15, 0.2) is 5.08 Å². The summed E-state index contributed by atoms with van der Waals surface area (Å²) in [6, 6.07) is 0. The van der Waals surface area contributed by atoms with Gasteiger partial charge in [0.2, 0.25) is 0 Å². The Kier molecular flexibility index (Phi) is 3.92. The Morgan fingerprint density at radius 1 is 1.33 bits per heavy atom. The maximum Gasteiger partial charge on any atom is 0.158 e. The average Bonchev–Trinajstić information content (AvgIpc) is 2.36. The van der Waals surface area contributed by atoms with Crippen LogP contribution >= 0.6 is 15.9 Å². The molecule has 0 aromatic carbocycles. The fourth-order valence-corrected chi connectivity index (χ4v) is 1.77. The van der Waals surface area contributed by atoms with Crippen LogP contribution in [0.15, 0.2) is 12.4 Å². The van der Waals surface area contributed by atoms with E-state index in [0.717, 1.165) is 6.54 Å². The largest absolute Gasteiger partial charge is 0.350 e. The van der Waals surface area contributed by atoms with Crippen molar-refractivity contribution in [1.29, 1.82) is 0 Å². The number of unbranched alkanes of at least 4 members (excludes halogenated alkanes) is 2. The van der Waals surface area contributed by atoms with Gasteiger partial charge in [0.1, 0.15) is 0 Å². The summed E-state index contributed by atoms with van der Waals surface area (Å²) < 4.78 is 0. The van der Waals surface area contributed by atoms with Gasteiger partial charge in [-0.25, -0.2) is 0 Å². The molecule has 1 aliphatic rings. The highest BCUT2D eigenvalue weighted by Crippen LogP contribution is 2.19. The number of hydrogen-bond acceptors (Lipinski definition) is 2. The minimum absolute atomic E-state index is 0.370. The summed E-state index contributed by atoms with van der Waals surface area (Å²) in [5.74, 6) is 0. The van der Waals surface area contributed by atoms with Crippen LogP contribution in [0.25, 0.3) is 0 Å². The molecule has 0 fully saturated rings. The summed E-state index contributed by atoms with van der Waals surface area (Å²) in [5, 5.41) is 0.370. The van der Waals surface area contributed by atoms with Crippen LogP contribution in [0.3, 0.4) is 0 Å². The Morgan fingerprint density at radius 3 is 2.58 bits per heavy atom. The van der Waals surface area contributed by atoms with Crippen molar-refractivity contribution in [2.24, 2.45) is 0 Å². The molecule has 1 unspecified atom stereocenters. The first kappa shape index (κ1) is 9.90. The molecule has 0 aromatic heterocycles. The smallest absolute Gasteiger partial charge is 0.158 e. The first-order valence-corrected chi connectivity index (χ1v) is 5.47. The van der Waals surface area contributed by atoms with Gasteiger partial charge in [0.05, 0.1) is 0 Å². The van der Waals surface area contributed by atoms with Gasteiger partial charge in [0, 0.05) is 26.0 Å². The zero-order valence-electron chi connectivity index (χ0n) is 7.83. The Balaban J connectivity index is 2.21. The number of hydrogen-bond donors (Lipinski definition) is 0.